The van der Waals surface area contributed by atoms with Crippen LogP contribution >= 0.6 is 11.6 Å². The third-order valence-electron chi connectivity index (χ3n) is 4.45. The molecule has 1 aliphatic rings. The number of halogens is 1. The Morgan fingerprint density at radius 1 is 1.10 bits per heavy atom. The van der Waals surface area contributed by atoms with Crippen molar-refractivity contribution in [2.75, 3.05) is 16.8 Å². The minimum Gasteiger partial charge on any atom is -0.452 e. The van der Waals surface area contributed by atoms with Gasteiger partial charge in [-0.05, 0) is 37.3 Å². The van der Waals surface area contributed by atoms with Crippen LogP contribution in [0.15, 0.2) is 53.1 Å². The molecule has 0 saturated carbocycles. The van der Waals surface area contributed by atoms with Gasteiger partial charge >= 0.3 is 5.97 Å². The van der Waals surface area contributed by atoms with E-state index in [2.05, 4.69) is 10.5 Å². The average molecular weight is 440 g/mol. The third kappa shape index (κ3) is 3.90. The van der Waals surface area contributed by atoms with Crippen molar-refractivity contribution in [1.82, 2.24) is 5.16 Å². The second-order valence-corrected chi connectivity index (χ2v) is 7.01. The highest BCUT2D eigenvalue weighted by Crippen LogP contribution is 2.29. The normalized spacial score (nSPS) is 12.6. The molecule has 3 amide bonds. The van der Waals surface area contributed by atoms with E-state index in [1.165, 1.54) is 24.3 Å². The number of aryl methyl sites for hydroxylation is 1. The van der Waals surface area contributed by atoms with E-state index < -0.39 is 30.3 Å². The van der Waals surface area contributed by atoms with Gasteiger partial charge in [-0.1, -0.05) is 28.9 Å². The number of benzene rings is 2. The smallest absolute Gasteiger partial charge is 0.338 e. The molecule has 31 heavy (non-hydrogen) atoms. The van der Waals surface area contributed by atoms with Gasteiger partial charge in [0.1, 0.15) is 5.76 Å². The molecule has 9 nitrogen and oxygen atoms in total. The summed E-state index contributed by atoms with van der Waals surface area (Å²) in [7, 11) is 0. The van der Waals surface area contributed by atoms with Gasteiger partial charge in [0, 0.05) is 6.07 Å². The van der Waals surface area contributed by atoms with Crippen LogP contribution in [0.25, 0.3) is 0 Å². The number of ether oxygens (including phenoxy) is 1. The number of nitrogens with zero attached hydrogens (tertiary/aromatic N) is 2. The number of carbonyl (C=O) groups excluding carboxylic acids is 4. The topological polar surface area (TPSA) is 119 Å². The summed E-state index contributed by atoms with van der Waals surface area (Å²) in [6, 6.07) is 12.0. The quantitative estimate of drug-likeness (QED) is 0.478. The predicted molar refractivity (Wildman–Crippen MR) is 109 cm³/mol. The monoisotopic (exact) mass is 439 g/mol. The fourth-order valence-corrected chi connectivity index (χ4v) is 3.18. The number of amides is 3. The Balaban J connectivity index is 1.45. The lowest BCUT2D eigenvalue weighted by atomic mass is 10.1. The molecule has 0 unspecified atom stereocenters. The summed E-state index contributed by atoms with van der Waals surface area (Å²) in [4.78, 5) is 50.5. The van der Waals surface area contributed by atoms with Crippen molar-refractivity contribution in [3.8, 4) is 0 Å². The third-order valence-corrected chi connectivity index (χ3v) is 4.78. The molecule has 0 saturated heterocycles. The van der Waals surface area contributed by atoms with Crippen LogP contribution in [-0.4, -0.2) is 35.5 Å². The number of anilines is 2. The summed E-state index contributed by atoms with van der Waals surface area (Å²) in [6.45, 7) is 1.07. The van der Waals surface area contributed by atoms with Crippen molar-refractivity contribution >= 4 is 46.8 Å². The van der Waals surface area contributed by atoms with Crippen molar-refractivity contribution in [3.63, 3.8) is 0 Å². The lowest BCUT2D eigenvalue weighted by Crippen LogP contribution is -2.29. The molecular weight excluding hydrogens is 426 g/mol. The van der Waals surface area contributed by atoms with Crippen LogP contribution in [0.5, 0.6) is 0 Å². The van der Waals surface area contributed by atoms with Gasteiger partial charge in [0.2, 0.25) is 0 Å². The first kappa shape index (κ1) is 20.3. The van der Waals surface area contributed by atoms with E-state index in [9.17, 15) is 19.2 Å². The van der Waals surface area contributed by atoms with Crippen molar-refractivity contribution in [1.29, 1.82) is 0 Å². The molecule has 3 aromatic rings. The number of nitrogens with one attached hydrogen (secondary N) is 1. The number of esters is 1. The minimum absolute atomic E-state index is 0.0172. The van der Waals surface area contributed by atoms with Gasteiger partial charge < -0.3 is 14.6 Å². The number of imide groups is 1. The molecule has 0 spiro atoms. The van der Waals surface area contributed by atoms with E-state index in [0.717, 1.165) is 4.90 Å². The molecule has 10 heteroatoms. The Morgan fingerprint density at radius 2 is 1.84 bits per heavy atom. The number of rotatable bonds is 5. The van der Waals surface area contributed by atoms with E-state index in [1.807, 2.05) is 0 Å². The first-order chi connectivity index (χ1) is 14.8. The fraction of sp³-hybridized carbons (Fsp3) is 0.0952. The van der Waals surface area contributed by atoms with Crippen LogP contribution in [0.1, 0.15) is 36.8 Å². The first-order valence-corrected chi connectivity index (χ1v) is 9.40. The molecule has 0 fully saturated rings. The molecule has 156 valence electrons. The molecule has 0 aliphatic carbocycles. The molecule has 0 radical (unpaired) electrons. The second-order valence-electron chi connectivity index (χ2n) is 6.61. The Labute approximate surface area is 180 Å². The highest BCUT2D eigenvalue weighted by atomic mass is 35.5. The van der Waals surface area contributed by atoms with Gasteiger partial charge in [0.25, 0.3) is 17.7 Å². The molecule has 1 aromatic heterocycles. The maximum absolute atomic E-state index is 12.7. The van der Waals surface area contributed by atoms with Crippen LogP contribution < -0.4 is 10.2 Å². The number of hydrogen-bond acceptors (Lipinski definition) is 7. The average Bonchev–Trinajstić information content (AvgIpc) is 3.28. The van der Waals surface area contributed by atoms with Crippen molar-refractivity contribution in [2.24, 2.45) is 0 Å². The van der Waals surface area contributed by atoms with Gasteiger partial charge in [-0.2, -0.15) is 0 Å². The second kappa shape index (κ2) is 8.04. The summed E-state index contributed by atoms with van der Waals surface area (Å²) in [6.07, 6.45) is 0. The summed E-state index contributed by atoms with van der Waals surface area (Å²) < 4.78 is 9.93. The number of aromatic nitrogens is 1. The van der Waals surface area contributed by atoms with Crippen molar-refractivity contribution in [2.45, 2.75) is 6.92 Å². The predicted octanol–water partition coefficient (Wildman–Crippen LogP) is 3.23. The van der Waals surface area contributed by atoms with E-state index in [-0.39, 0.29) is 22.5 Å². The Bertz CT molecular complexity index is 1240. The summed E-state index contributed by atoms with van der Waals surface area (Å²) in [5.41, 5.74) is 0.554. The van der Waals surface area contributed by atoms with Crippen LogP contribution in [0.4, 0.5) is 11.5 Å². The lowest BCUT2D eigenvalue weighted by molar-refractivity contribution is -0.119. The maximum atomic E-state index is 12.7. The Morgan fingerprint density at radius 3 is 2.55 bits per heavy atom. The van der Waals surface area contributed by atoms with E-state index in [1.54, 1.807) is 31.2 Å². The van der Waals surface area contributed by atoms with E-state index in [0.29, 0.717) is 16.5 Å². The van der Waals surface area contributed by atoms with Crippen molar-refractivity contribution in [3.05, 3.63) is 76.0 Å². The van der Waals surface area contributed by atoms with Crippen LogP contribution in [0.3, 0.4) is 0 Å². The molecule has 1 N–H and O–H groups in total. The summed E-state index contributed by atoms with van der Waals surface area (Å²) >= 11 is 5.97. The Kier molecular flexibility index (Phi) is 5.26. The molecule has 4 rings (SSSR count). The molecule has 0 atom stereocenters. The zero-order valence-corrected chi connectivity index (χ0v) is 16.8. The molecule has 2 heterocycles. The zero-order valence-electron chi connectivity index (χ0n) is 16.0. The first-order valence-electron chi connectivity index (χ1n) is 9.03. The van der Waals surface area contributed by atoms with Gasteiger partial charge in [-0.3, -0.25) is 14.4 Å². The van der Waals surface area contributed by atoms with Gasteiger partial charge in [-0.25, -0.2) is 9.69 Å². The molecule has 0 bridgehead atoms. The standard InChI is InChI=1S/C21H14ClN3O6/c1-11-8-17(24-31-11)25-19(27)13-7-6-12(9-14(13)20(25)28)21(29)30-10-18(26)23-16-5-3-2-4-15(16)22/h2-9H,10H2,1H3,(H,23,26). The number of carbonyl (C=O) groups is 4. The molecule has 1 aliphatic heterocycles. The zero-order chi connectivity index (χ0) is 22.1. The SMILES string of the molecule is Cc1cc(N2C(=O)c3ccc(C(=O)OCC(=O)Nc4ccccc4Cl)cc3C2=O)no1. The van der Waals surface area contributed by atoms with E-state index >= 15 is 0 Å². The van der Waals surface area contributed by atoms with Gasteiger partial charge in [0.05, 0.1) is 27.4 Å². The largest absolute Gasteiger partial charge is 0.452 e. The lowest BCUT2D eigenvalue weighted by Gasteiger charge is -2.08. The number of para-hydroxylation sites is 1. The summed E-state index contributed by atoms with van der Waals surface area (Å²) in [5, 5.41) is 6.56. The highest BCUT2D eigenvalue weighted by molar-refractivity contribution is 6.34. The summed E-state index contributed by atoms with van der Waals surface area (Å²) in [5.74, 6) is -2.13. The number of hydrogen-bond donors (Lipinski definition) is 1. The minimum atomic E-state index is -0.826. The van der Waals surface area contributed by atoms with Crippen molar-refractivity contribution < 1.29 is 28.4 Å². The fourth-order valence-electron chi connectivity index (χ4n) is 3.00. The van der Waals surface area contributed by atoms with E-state index in [4.69, 9.17) is 20.9 Å². The number of fused-ring (bicyclic) bond motifs is 1. The van der Waals surface area contributed by atoms with Crippen LogP contribution in [0.2, 0.25) is 5.02 Å². The maximum Gasteiger partial charge on any atom is 0.338 e. The van der Waals surface area contributed by atoms with Crippen LogP contribution in [0, 0.1) is 6.92 Å². The van der Waals surface area contributed by atoms with Crippen LogP contribution in [-0.2, 0) is 9.53 Å². The highest BCUT2D eigenvalue weighted by Gasteiger charge is 2.38. The molecule has 2 aromatic carbocycles. The van der Waals surface area contributed by atoms with Gasteiger partial charge in [0.15, 0.2) is 12.4 Å². The Hall–Kier alpha value is -3.98. The molecular formula is C21H14ClN3O6. The van der Waals surface area contributed by atoms with Gasteiger partial charge in [-0.15, -0.1) is 0 Å².